The summed E-state index contributed by atoms with van der Waals surface area (Å²) >= 11 is 6.05. The van der Waals surface area contributed by atoms with Crippen LogP contribution in [0.5, 0.6) is 0 Å². The average Bonchev–Trinajstić information content (AvgIpc) is 3.20. The monoisotopic (exact) mass is 436 g/mol. The van der Waals surface area contributed by atoms with E-state index in [1.54, 1.807) is 10.9 Å². The molecule has 4 rings (SSSR count). The van der Waals surface area contributed by atoms with Gasteiger partial charge in [0.05, 0.1) is 33.2 Å². The maximum absolute atomic E-state index is 13.1. The summed E-state index contributed by atoms with van der Waals surface area (Å²) in [6.45, 7) is 7.06. The van der Waals surface area contributed by atoms with Crippen molar-refractivity contribution in [1.29, 1.82) is 0 Å². The average molecular weight is 437 g/mol. The normalized spacial score (nSPS) is 11.3. The van der Waals surface area contributed by atoms with Crippen LogP contribution in [0, 0.1) is 20.8 Å². The van der Waals surface area contributed by atoms with Gasteiger partial charge >= 0.3 is 0 Å². The van der Waals surface area contributed by atoms with Gasteiger partial charge in [-0.2, -0.15) is 10.2 Å². The van der Waals surface area contributed by atoms with Crippen molar-refractivity contribution in [2.24, 2.45) is 7.05 Å². The Kier molecular flexibility index (Phi) is 5.78. The van der Waals surface area contributed by atoms with Gasteiger partial charge in [0.25, 0.3) is 5.91 Å². The van der Waals surface area contributed by atoms with Crippen LogP contribution in [-0.4, -0.2) is 37.0 Å². The fourth-order valence-corrected chi connectivity index (χ4v) is 3.93. The summed E-state index contributed by atoms with van der Waals surface area (Å²) in [6, 6.07) is 9.58. The number of aryl methyl sites for hydroxylation is 4. The van der Waals surface area contributed by atoms with Crippen LogP contribution in [-0.2, 0) is 13.6 Å². The minimum atomic E-state index is -0.117. The molecule has 7 nitrogen and oxygen atoms in total. The van der Waals surface area contributed by atoms with Crippen molar-refractivity contribution in [2.45, 2.75) is 33.7 Å². The third-order valence-corrected chi connectivity index (χ3v) is 5.83. The second-order valence-electron chi connectivity index (χ2n) is 7.68. The van der Waals surface area contributed by atoms with E-state index in [9.17, 15) is 4.79 Å². The number of nitrogens with one attached hydrogen (secondary N) is 1. The molecule has 3 aromatic heterocycles. The van der Waals surface area contributed by atoms with Gasteiger partial charge in [0.1, 0.15) is 0 Å². The summed E-state index contributed by atoms with van der Waals surface area (Å²) in [7, 11) is 1.91. The fourth-order valence-electron chi connectivity index (χ4n) is 3.78. The van der Waals surface area contributed by atoms with E-state index in [0.29, 0.717) is 23.7 Å². The highest BCUT2D eigenvalue weighted by molar-refractivity contribution is 6.31. The van der Waals surface area contributed by atoms with Gasteiger partial charge in [-0.3, -0.25) is 14.2 Å². The standard InChI is InChI=1S/C23H25ClN6O/c1-14-19(24)13-30(28-14)11-7-10-25-23(31)18-12-21(22-15(2)27-29(4)16(22)3)26-20-9-6-5-8-17(18)20/h5-6,8-9,12-13H,7,10-11H2,1-4H3,(H,25,31). The number of carbonyl (C=O) groups excluding carboxylic acids is 1. The molecule has 0 saturated carbocycles. The zero-order valence-electron chi connectivity index (χ0n) is 18.1. The van der Waals surface area contributed by atoms with Crippen LogP contribution in [0.25, 0.3) is 22.2 Å². The number of hydrogen-bond donors (Lipinski definition) is 1. The summed E-state index contributed by atoms with van der Waals surface area (Å²) in [5.41, 5.74) is 5.84. The van der Waals surface area contributed by atoms with E-state index in [1.165, 1.54) is 0 Å². The highest BCUT2D eigenvalue weighted by Gasteiger charge is 2.18. The smallest absolute Gasteiger partial charge is 0.252 e. The molecule has 0 aliphatic rings. The molecule has 1 aromatic carbocycles. The summed E-state index contributed by atoms with van der Waals surface area (Å²) in [6.07, 6.45) is 2.56. The van der Waals surface area contributed by atoms with E-state index in [1.807, 2.05) is 62.8 Å². The van der Waals surface area contributed by atoms with Gasteiger partial charge < -0.3 is 5.32 Å². The van der Waals surface area contributed by atoms with Crippen LogP contribution in [0.2, 0.25) is 5.02 Å². The number of aromatic nitrogens is 5. The number of amides is 1. The number of para-hydroxylation sites is 1. The molecule has 1 amide bonds. The first-order chi connectivity index (χ1) is 14.8. The Morgan fingerprint density at radius 2 is 1.90 bits per heavy atom. The Morgan fingerprint density at radius 1 is 1.13 bits per heavy atom. The van der Waals surface area contributed by atoms with Crippen LogP contribution < -0.4 is 5.32 Å². The fraction of sp³-hybridized carbons (Fsp3) is 0.304. The third-order valence-electron chi connectivity index (χ3n) is 5.46. The van der Waals surface area contributed by atoms with E-state index in [2.05, 4.69) is 15.5 Å². The lowest BCUT2D eigenvalue weighted by atomic mass is 10.0. The number of benzene rings is 1. The molecule has 0 fully saturated rings. The van der Waals surface area contributed by atoms with Gasteiger partial charge in [-0.25, -0.2) is 4.98 Å². The Balaban J connectivity index is 1.57. The van der Waals surface area contributed by atoms with Crippen LogP contribution in [0.1, 0.15) is 33.9 Å². The molecule has 0 spiro atoms. The molecule has 4 aromatic rings. The predicted molar refractivity (Wildman–Crippen MR) is 122 cm³/mol. The first-order valence-corrected chi connectivity index (χ1v) is 10.6. The van der Waals surface area contributed by atoms with Crippen LogP contribution in [0.4, 0.5) is 0 Å². The second kappa shape index (κ2) is 8.51. The minimum absolute atomic E-state index is 0.117. The van der Waals surface area contributed by atoms with Crippen molar-refractivity contribution >= 4 is 28.4 Å². The zero-order chi connectivity index (χ0) is 22.1. The number of pyridine rings is 1. The van der Waals surface area contributed by atoms with Gasteiger partial charge in [-0.15, -0.1) is 0 Å². The molecule has 160 valence electrons. The van der Waals surface area contributed by atoms with Gasteiger partial charge in [-0.1, -0.05) is 29.8 Å². The first-order valence-electron chi connectivity index (χ1n) is 10.2. The van der Waals surface area contributed by atoms with Crippen molar-refractivity contribution in [1.82, 2.24) is 29.9 Å². The van der Waals surface area contributed by atoms with Crippen LogP contribution in [0.15, 0.2) is 36.5 Å². The van der Waals surface area contributed by atoms with Gasteiger partial charge in [0.2, 0.25) is 0 Å². The van der Waals surface area contributed by atoms with Gasteiger partial charge in [0.15, 0.2) is 0 Å². The molecule has 0 atom stereocenters. The van der Waals surface area contributed by atoms with Gasteiger partial charge in [0, 0.05) is 43.0 Å². The highest BCUT2D eigenvalue weighted by Crippen LogP contribution is 2.29. The Labute approximate surface area is 186 Å². The lowest BCUT2D eigenvalue weighted by Crippen LogP contribution is -2.25. The van der Waals surface area contributed by atoms with Crippen LogP contribution >= 0.6 is 11.6 Å². The number of halogens is 1. The van der Waals surface area contributed by atoms with Crippen molar-refractivity contribution in [3.8, 4) is 11.3 Å². The summed E-state index contributed by atoms with van der Waals surface area (Å²) in [4.78, 5) is 17.9. The van der Waals surface area contributed by atoms with Crippen molar-refractivity contribution in [2.75, 3.05) is 6.54 Å². The van der Waals surface area contributed by atoms with Crippen molar-refractivity contribution in [3.05, 3.63) is 64.2 Å². The molecule has 1 N–H and O–H groups in total. The number of carbonyl (C=O) groups is 1. The zero-order valence-corrected chi connectivity index (χ0v) is 18.9. The number of rotatable bonds is 6. The third kappa shape index (κ3) is 4.18. The topological polar surface area (TPSA) is 77.6 Å². The second-order valence-corrected chi connectivity index (χ2v) is 8.08. The largest absolute Gasteiger partial charge is 0.352 e. The SMILES string of the molecule is Cc1nn(CCCNC(=O)c2cc(-c3c(C)nn(C)c3C)nc3ccccc23)cc1Cl. The van der Waals surface area contributed by atoms with E-state index in [-0.39, 0.29) is 5.91 Å². The van der Waals surface area contributed by atoms with Crippen molar-refractivity contribution < 1.29 is 4.79 Å². The molecular formula is C23H25ClN6O. The number of nitrogens with zero attached hydrogens (tertiary/aromatic N) is 5. The van der Waals surface area contributed by atoms with E-state index >= 15 is 0 Å². The summed E-state index contributed by atoms with van der Waals surface area (Å²) < 4.78 is 3.64. The first kappa shape index (κ1) is 21.1. The van der Waals surface area contributed by atoms with Crippen molar-refractivity contribution in [3.63, 3.8) is 0 Å². The molecule has 0 radical (unpaired) electrons. The minimum Gasteiger partial charge on any atom is -0.352 e. The maximum Gasteiger partial charge on any atom is 0.252 e. The van der Waals surface area contributed by atoms with E-state index in [0.717, 1.165) is 45.7 Å². The lowest BCUT2D eigenvalue weighted by Gasteiger charge is -2.11. The maximum atomic E-state index is 13.1. The van der Waals surface area contributed by atoms with E-state index < -0.39 is 0 Å². The van der Waals surface area contributed by atoms with Gasteiger partial charge in [-0.05, 0) is 39.3 Å². The van der Waals surface area contributed by atoms with E-state index in [4.69, 9.17) is 16.6 Å². The Morgan fingerprint density at radius 3 is 2.58 bits per heavy atom. The number of hydrogen-bond acceptors (Lipinski definition) is 4. The predicted octanol–water partition coefficient (Wildman–Crippen LogP) is 4.23. The molecule has 0 saturated heterocycles. The molecule has 0 bridgehead atoms. The molecule has 8 heteroatoms. The lowest BCUT2D eigenvalue weighted by molar-refractivity contribution is 0.0954. The summed E-state index contributed by atoms with van der Waals surface area (Å²) in [5.74, 6) is -0.117. The summed E-state index contributed by atoms with van der Waals surface area (Å²) in [5, 5.41) is 13.4. The van der Waals surface area contributed by atoms with Crippen LogP contribution in [0.3, 0.4) is 0 Å². The molecular weight excluding hydrogens is 412 g/mol. The molecule has 0 aliphatic carbocycles. The molecule has 0 unspecified atom stereocenters. The molecule has 31 heavy (non-hydrogen) atoms. The molecule has 0 aliphatic heterocycles. The molecule has 3 heterocycles. The Bertz CT molecular complexity index is 1250. The Hall–Kier alpha value is -3.19. The quantitative estimate of drug-likeness (QED) is 0.459. The highest BCUT2D eigenvalue weighted by atomic mass is 35.5. The number of fused-ring (bicyclic) bond motifs is 1.